The second-order valence-corrected chi connectivity index (χ2v) is 5.15. The number of aromatic hydroxyl groups is 1. The number of aryl methyl sites for hydroxylation is 2. The van der Waals surface area contributed by atoms with E-state index in [1.165, 1.54) is 5.56 Å². The number of benzene rings is 1. The van der Waals surface area contributed by atoms with Gasteiger partial charge in [-0.05, 0) is 49.2 Å². The highest BCUT2D eigenvalue weighted by molar-refractivity contribution is 5.54. The fourth-order valence-electron chi connectivity index (χ4n) is 2.44. The zero-order chi connectivity index (χ0) is 14.3. The maximum absolute atomic E-state index is 9.48. The molecule has 0 radical (unpaired) electrons. The highest BCUT2D eigenvalue weighted by atomic mass is 16.3. The average Bonchev–Trinajstić information content (AvgIpc) is 2.69. The van der Waals surface area contributed by atoms with E-state index >= 15 is 0 Å². The standard InChI is InChI=1S/C16H17N3O/c1-10-5-6-19-14(11(2)18-16(19)7-10)9-12-3-4-15(20)13(17)8-12/h3-8,20H,9,17H2,1-2H3. The number of imidazole rings is 1. The van der Waals surface area contributed by atoms with Gasteiger partial charge in [0, 0.05) is 18.3 Å². The van der Waals surface area contributed by atoms with Crippen LogP contribution in [0.3, 0.4) is 0 Å². The lowest BCUT2D eigenvalue weighted by Gasteiger charge is -2.06. The minimum absolute atomic E-state index is 0.124. The van der Waals surface area contributed by atoms with E-state index in [0.717, 1.165) is 29.0 Å². The highest BCUT2D eigenvalue weighted by Crippen LogP contribution is 2.23. The lowest BCUT2D eigenvalue weighted by molar-refractivity contribution is 0.478. The minimum Gasteiger partial charge on any atom is -0.506 e. The molecule has 0 bridgehead atoms. The Morgan fingerprint density at radius 2 is 2.00 bits per heavy atom. The number of nitrogens with zero attached hydrogens (tertiary/aromatic N) is 2. The molecule has 3 aromatic rings. The molecule has 2 aromatic heterocycles. The number of aromatic nitrogens is 2. The molecule has 0 aliphatic rings. The van der Waals surface area contributed by atoms with E-state index in [0.29, 0.717) is 5.69 Å². The fraction of sp³-hybridized carbons (Fsp3) is 0.188. The Balaban J connectivity index is 2.05. The number of pyridine rings is 1. The average molecular weight is 267 g/mol. The van der Waals surface area contributed by atoms with Crippen LogP contribution in [-0.2, 0) is 6.42 Å². The molecule has 0 amide bonds. The SMILES string of the molecule is Cc1ccn2c(Cc3ccc(O)c(N)c3)c(C)nc2c1. The first-order chi connectivity index (χ1) is 9.54. The first-order valence-corrected chi connectivity index (χ1v) is 6.56. The van der Waals surface area contributed by atoms with Crippen LogP contribution in [-0.4, -0.2) is 14.5 Å². The number of fused-ring (bicyclic) bond motifs is 1. The summed E-state index contributed by atoms with van der Waals surface area (Å²) in [5.41, 5.74) is 11.5. The number of hydrogen-bond donors (Lipinski definition) is 2. The van der Waals surface area contributed by atoms with E-state index in [4.69, 9.17) is 5.73 Å². The molecule has 0 aliphatic carbocycles. The maximum Gasteiger partial charge on any atom is 0.138 e. The maximum atomic E-state index is 9.48. The normalized spacial score (nSPS) is 11.1. The molecule has 1 aromatic carbocycles. The van der Waals surface area contributed by atoms with E-state index in [1.807, 2.05) is 25.3 Å². The number of phenols is 1. The highest BCUT2D eigenvalue weighted by Gasteiger charge is 2.10. The van der Waals surface area contributed by atoms with Crippen molar-refractivity contribution in [1.82, 2.24) is 9.38 Å². The Hall–Kier alpha value is -2.49. The molecule has 4 nitrogen and oxygen atoms in total. The Morgan fingerprint density at radius 1 is 1.20 bits per heavy atom. The lowest BCUT2D eigenvalue weighted by atomic mass is 10.1. The van der Waals surface area contributed by atoms with Crippen LogP contribution in [0.5, 0.6) is 5.75 Å². The number of hydrogen-bond acceptors (Lipinski definition) is 3. The molecular formula is C16H17N3O. The van der Waals surface area contributed by atoms with Crippen molar-refractivity contribution in [3.63, 3.8) is 0 Å². The van der Waals surface area contributed by atoms with Crippen molar-refractivity contribution in [3.8, 4) is 5.75 Å². The van der Waals surface area contributed by atoms with Gasteiger partial charge in [-0.15, -0.1) is 0 Å². The van der Waals surface area contributed by atoms with Crippen molar-refractivity contribution < 1.29 is 5.11 Å². The van der Waals surface area contributed by atoms with Crippen molar-refractivity contribution in [2.75, 3.05) is 5.73 Å². The summed E-state index contributed by atoms with van der Waals surface area (Å²) in [4.78, 5) is 4.59. The molecule has 0 saturated heterocycles. The first kappa shape index (κ1) is 12.5. The summed E-state index contributed by atoms with van der Waals surface area (Å²) in [5.74, 6) is 0.124. The smallest absolute Gasteiger partial charge is 0.138 e. The minimum atomic E-state index is 0.124. The number of phenolic OH excluding ortho intramolecular Hbond substituents is 1. The molecule has 0 unspecified atom stereocenters. The third-order valence-electron chi connectivity index (χ3n) is 3.54. The van der Waals surface area contributed by atoms with Crippen LogP contribution in [0.15, 0.2) is 36.5 Å². The van der Waals surface area contributed by atoms with Crippen LogP contribution in [0, 0.1) is 13.8 Å². The van der Waals surface area contributed by atoms with Crippen molar-refractivity contribution in [3.05, 3.63) is 59.0 Å². The summed E-state index contributed by atoms with van der Waals surface area (Å²) in [6.07, 6.45) is 2.78. The van der Waals surface area contributed by atoms with E-state index in [9.17, 15) is 5.11 Å². The summed E-state index contributed by atoms with van der Waals surface area (Å²) in [6.45, 7) is 4.08. The van der Waals surface area contributed by atoms with Gasteiger partial charge in [0.05, 0.1) is 11.4 Å². The van der Waals surface area contributed by atoms with E-state index in [1.54, 1.807) is 6.07 Å². The Labute approximate surface area is 117 Å². The van der Waals surface area contributed by atoms with E-state index in [2.05, 4.69) is 28.4 Å². The van der Waals surface area contributed by atoms with Crippen LogP contribution in [0.25, 0.3) is 5.65 Å². The molecule has 20 heavy (non-hydrogen) atoms. The lowest BCUT2D eigenvalue weighted by Crippen LogP contribution is -1.97. The molecule has 3 N–H and O–H groups in total. The zero-order valence-electron chi connectivity index (χ0n) is 11.6. The Kier molecular flexibility index (Phi) is 2.86. The third-order valence-corrected chi connectivity index (χ3v) is 3.54. The van der Waals surface area contributed by atoms with Gasteiger partial charge in [0.15, 0.2) is 0 Å². The molecule has 0 saturated carbocycles. The first-order valence-electron chi connectivity index (χ1n) is 6.56. The van der Waals surface area contributed by atoms with Crippen LogP contribution < -0.4 is 5.73 Å². The van der Waals surface area contributed by atoms with Gasteiger partial charge in [-0.2, -0.15) is 0 Å². The molecule has 2 heterocycles. The fourth-order valence-corrected chi connectivity index (χ4v) is 2.44. The molecule has 3 rings (SSSR count). The van der Waals surface area contributed by atoms with Gasteiger partial charge >= 0.3 is 0 Å². The van der Waals surface area contributed by atoms with Gasteiger partial charge < -0.3 is 15.2 Å². The number of rotatable bonds is 2. The van der Waals surface area contributed by atoms with E-state index < -0.39 is 0 Å². The molecule has 0 fully saturated rings. The molecular weight excluding hydrogens is 250 g/mol. The quantitative estimate of drug-likeness (QED) is 0.554. The second kappa shape index (κ2) is 4.56. The van der Waals surface area contributed by atoms with Crippen molar-refractivity contribution in [2.45, 2.75) is 20.3 Å². The summed E-state index contributed by atoms with van der Waals surface area (Å²) >= 11 is 0. The van der Waals surface area contributed by atoms with E-state index in [-0.39, 0.29) is 5.75 Å². The molecule has 0 aliphatic heterocycles. The topological polar surface area (TPSA) is 63.5 Å². The summed E-state index contributed by atoms with van der Waals surface area (Å²) in [7, 11) is 0. The van der Waals surface area contributed by atoms with Gasteiger partial charge in [-0.3, -0.25) is 0 Å². The molecule has 0 spiro atoms. The summed E-state index contributed by atoms with van der Waals surface area (Å²) < 4.78 is 2.10. The van der Waals surface area contributed by atoms with Gasteiger partial charge in [0.1, 0.15) is 11.4 Å². The second-order valence-electron chi connectivity index (χ2n) is 5.15. The largest absolute Gasteiger partial charge is 0.506 e. The number of nitrogens with two attached hydrogens (primary N) is 1. The van der Waals surface area contributed by atoms with Gasteiger partial charge in [-0.1, -0.05) is 6.07 Å². The molecule has 4 heteroatoms. The van der Waals surface area contributed by atoms with Crippen LogP contribution >= 0.6 is 0 Å². The van der Waals surface area contributed by atoms with Crippen LogP contribution in [0.2, 0.25) is 0 Å². The van der Waals surface area contributed by atoms with Gasteiger partial charge in [0.2, 0.25) is 0 Å². The molecule has 102 valence electrons. The van der Waals surface area contributed by atoms with Crippen molar-refractivity contribution in [2.24, 2.45) is 0 Å². The summed E-state index contributed by atoms with van der Waals surface area (Å²) in [6, 6.07) is 9.47. The predicted molar refractivity (Wildman–Crippen MR) is 80.0 cm³/mol. The Morgan fingerprint density at radius 3 is 2.75 bits per heavy atom. The monoisotopic (exact) mass is 267 g/mol. The van der Waals surface area contributed by atoms with Crippen LogP contribution in [0.4, 0.5) is 5.69 Å². The number of nitrogen functional groups attached to an aromatic ring is 1. The van der Waals surface area contributed by atoms with Crippen molar-refractivity contribution >= 4 is 11.3 Å². The zero-order valence-corrected chi connectivity index (χ0v) is 11.6. The Bertz CT molecular complexity index is 790. The van der Waals surface area contributed by atoms with Gasteiger partial charge in [0.25, 0.3) is 0 Å². The summed E-state index contributed by atoms with van der Waals surface area (Å²) in [5, 5.41) is 9.48. The predicted octanol–water partition coefficient (Wildman–Crippen LogP) is 2.83. The van der Waals surface area contributed by atoms with Gasteiger partial charge in [-0.25, -0.2) is 4.98 Å². The van der Waals surface area contributed by atoms with Crippen LogP contribution in [0.1, 0.15) is 22.5 Å². The molecule has 0 atom stereocenters. The van der Waals surface area contributed by atoms with Crippen molar-refractivity contribution in [1.29, 1.82) is 0 Å². The third kappa shape index (κ3) is 2.09. The number of anilines is 1.